The Hall–Kier alpha value is -1.92. The maximum absolute atomic E-state index is 12.8. The fourth-order valence-corrected chi connectivity index (χ4v) is 2.26. The molecule has 2 aromatic rings. The van der Waals surface area contributed by atoms with Gasteiger partial charge in [0.2, 0.25) is 0 Å². The number of hydrogen-bond acceptors (Lipinski definition) is 2. The lowest BCUT2D eigenvalue weighted by molar-refractivity contribution is -0.137. The molecule has 2 rings (SSSR count). The van der Waals surface area contributed by atoms with Crippen molar-refractivity contribution in [3.05, 3.63) is 57.6 Å². The number of benzene rings is 2. The molecule has 2 aromatic carbocycles. The van der Waals surface area contributed by atoms with Crippen LogP contribution >= 0.6 is 23.2 Å². The zero-order chi connectivity index (χ0) is 18.8. The first-order chi connectivity index (χ1) is 11.6. The summed E-state index contributed by atoms with van der Waals surface area (Å²) in [5.41, 5.74) is -0.272. The number of ether oxygens (including phenoxy) is 1. The summed E-state index contributed by atoms with van der Waals surface area (Å²) in [4.78, 5) is 12.2. The van der Waals surface area contributed by atoms with Gasteiger partial charge in [0, 0.05) is 5.02 Å². The number of nitrogens with one attached hydrogen (secondary N) is 1. The molecule has 0 saturated carbocycles. The van der Waals surface area contributed by atoms with E-state index in [1.807, 2.05) is 0 Å². The van der Waals surface area contributed by atoms with Crippen LogP contribution in [0, 0.1) is 6.92 Å². The van der Waals surface area contributed by atoms with E-state index in [4.69, 9.17) is 27.9 Å². The Morgan fingerprint density at radius 2 is 1.76 bits per heavy atom. The summed E-state index contributed by atoms with van der Waals surface area (Å²) in [5, 5.41) is 2.90. The normalized spacial score (nSPS) is 12.6. The average Bonchev–Trinajstić information content (AvgIpc) is 2.51. The summed E-state index contributed by atoms with van der Waals surface area (Å²) >= 11 is 11.8. The Kier molecular flexibility index (Phi) is 5.85. The van der Waals surface area contributed by atoms with E-state index in [0.717, 1.165) is 23.8 Å². The molecule has 0 aliphatic rings. The van der Waals surface area contributed by atoms with Crippen LogP contribution in [0.2, 0.25) is 10.0 Å². The van der Waals surface area contributed by atoms with Gasteiger partial charge in [-0.3, -0.25) is 4.79 Å². The number of rotatable bonds is 4. The minimum atomic E-state index is -4.53. The molecule has 1 N–H and O–H groups in total. The van der Waals surface area contributed by atoms with Gasteiger partial charge in [0.15, 0.2) is 6.10 Å². The standard InChI is InChI=1S/C17H14Cl2F3NO2/c1-9-7-12(4-6-13(9)18)25-10(2)16(24)23-15-8-11(17(20,21)22)3-5-14(15)19/h3-8,10H,1-2H3,(H,23,24)/t10-/m1/s1. The van der Waals surface area contributed by atoms with E-state index in [0.29, 0.717) is 10.8 Å². The van der Waals surface area contributed by atoms with Crippen molar-refractivity contribution in [1.82, 2.24) is 0 Å². The summed E-state index contributed by atoms with van der Waals surface area (Å²) < 4.78 is 43.8. The van der Waals surface area contributed by atoms with Crippen LogP contribution in [-0.2, 0) is 11.0 Å². The second-order valence-electron chi connectivity index (χ2n) is 5.35. The third kappa shape index (κ3) is 5.03. The molecule has 0 spiro atoms. The Morgan fingerprint density at radius 3 is 2.36 bits per heavy atom. The van der Waals surface area contributed by atoms with Gasteiger partial charge in [-0.15, -0.1) is 0 Å². The lowest BCUT2D eigenvalue weighted by atomic mass is 10.2. The predicted octanol–water partition coefficient (Wildman–Crippen LogP) is 5.73. The molecule has 0 heterocycles. The van der Waals surface area contributed by atoms with Crippen molar-refractivity contribution in [2.45, 2.75) is 26.1 Å². The third-order valence-corrected chi connectivity index (χ3v) is 4.12. The highest BCUT2D eigenvalue weighted by Crippen LogP contribution is 2.34. The highest BCUT2D eigenvalue weighted by atomic mass is 35.5. The van der Waals surface area contributed by atoms with Crippen LogP contribution in [0.3, 0.4) is 0 Å². The Balaban J connectivity index is 2.12. The number of aryl methyl sites for hydroxylation is 1. The molecule has 1 atom stereocenters. The highest BCUT2D eigenvalue weighted by molar-refractivity contribution is 6.33. The molecular weight excluding hydrogens is 378 g/mol. The quantitative estimate of drug-likeness (QED) is 0.722. The van der Waals surface area contributed by atoms with Crippen LogP contribution in [-0.4, -0.2) is 12.0 Å². The van der Waals surface area contributed by atoms with E-state index in [9.17, 15) is 18.0 Å². The van der Waals surface area contributed by atoms with Crippen LogP contribution < -0.4 is 10.1 Å². The molecule has 0 radical (unpaired) electrons. The number of halogens is 5. The Bertz CT molecular complexity index is 794. The maximum Gasteiger partial charge on any atom is 0.416 e. The lowest BCUT2D eigenvalue weighted by Crippen LogP contribution is -2.30. The van der Waals surface area contributed by atoms with E-state index in [1.165, 1.54) is 6.92 Å². The lowest BCUT2D eigenvalue weighted by Gasteiger charge is -2.17. The fourth-order valence-electron chi connectivity index (χ4n) is 1.98. The van der Waals surface area contributed by atoms with Gasteiger partial charge in [0.1, 0.15) is 5.75 Å². The van der Waals surface area contributed by atoms with Crippen LogP contribution in [0.25, 0.3) is 0 Å². The Labute approximate surface area is 152 Å². The molecule has 25 heavy (non-hydrogen) atoms. The van der Waals surface area contributed by atoms with E-state index in [2.05, 4.69) is 5.32 Å². The van der Waals surface area contributed by atoms with E-state index in [-0.39, 0.29) is 10.7 Å². The van der Waals surface area contributed by atoms with Crippen molar-refractivity contribution in [2.24, 2.45) is 0 Å². The van der Waals surface area contributed by atoms with Gasteiger partial charge in [0.25, 0.3) is 5.91 Å². The molecule has 3 nitrogen and oxygen atoms in total. The topological polar surface area (TPSA) is 38.3 Å². The van der Waals surface area contributed by atoms with E-state index in [1.54, 1.807) is 25.1 Å². The molecule has 8 heteroatoms. The number of alkyl halides is 3. The monoisotopic (exact) mass is 391 g/mol. The summed E-state index contributed by atoms with van der Waals surface area (Å²) in [6, 6.07) is 7.57. The number of carbonyl (C=O) groups excluding carboxylic acids is 1. The molecule has 0 aromatic heterocycles. The number of carbonyl (C=O) groups is 1. The molecular formula is C17H14Cl2F3NO2. The van der Waals surface area contributed by atoms with Crippen molar-refractivity contribution >= 4 is 34.8 Å². The molecule has 0 aliphatic carbocycles. The number of hydrogen-bond donors (Lipinski definition) is 1. The maximum atomic E-state index is 12.8. The molecule has 0 unspecified atom stereocenters. The van der Waals surface area contributed by atoms with Crippen molar-refractivity contribution in [3.63, 3.8) is 0 Å². The fraction of sp³-hybridized carbons (Fsp3) is 0.235. The second-order valence-corrected chi connectivity index (χ2v) is 6.17. The summed E-state index contributed by atoms with van der Waals surface area (Å²) in [7, 11) is 0. The van der Waals surface area contributed by atoms with Crippen molar-refractivity contribution in [1.29, 1.82) is 0 Å². The molecule has 0 aliphatic heterocycles. The molecule has 0 saturated heterocycles. The van der Waals surface area contributed by atoms with E-state index < -0.39 is 23.8 Å². The average molecular weight is 392 g/mol. The summed E-state index contributed by atoms with van der Waals surface area (Å²) in [5.74, 6) is -0.214. The largest absolute Gasteiger partial charge is 0.481 e. The number of amides is 1. The van der Waals surface area contributed by atoms with Gasteiger partial charge in [-0.25, -0.2) is 0 Å². The third-order valence-electron chi connectivity index (χ3n) is 3.36. The van der Waals surface area contributed by atoms with Crippen LogP contribution in [0.5, 0.6) is 5.75 Å². The van der Waals surface area contributed by atoms with Gasteiger partial charge in [-0.2, -0.15) is 13.2 Å². The predicted molar refractivity (Wildman–Crippen MR) is 91.4 cm³/mol. The highest BCUT2D eigenvalue weighted by Gasteiger charge is 2.31. The Morgan fingerprint density at radius 1 is 1.12 bits per heavy atom. The first-order valence-electron chi connectivity index (χ1n) is 7.18. The van der Waals surface area contributed by atoms with Gasteiger partial charge in [0.05, 0.1) is 16.3 Å². The zero-order valence-electron chi connectivity index (χ0n) is 13.2. The van der Waals surface area contributed by atoms with Gasteiger partial charge in [-0.1, -0.05) is 23.2 Å². The van der Waals surface area contributed by atoms with Crippen molar-refractivity contribution < 1.29 is 22.7 Å². The second kappa shape index (κ2) is 7.54. The van der Waals surface area contributed by atoms with Gasteiger partial charge >= 0.3 is 6.18 Å². The van der Waals surface area contributed by atoms with E-state index >= 15 is 0 Å². The molecule has 1 amide bonds. The number of anilines is 1. The van der Waals surface area contributed by atoms with Crippen molar-refractivity contribution in [2.75, 3.05) is 5.32 Å². The van der Waals surface area contributed by atoms with Crippen LogP contribution in [0.1, 0.15) is 18.1 Å². The SMILES string of the molecule is Cc1cc(O[C@H](C)C(=O)Nc2cc(C(F)(F)F)ccc2Cl)ccc1Cl. The minimum Gasteiger partial charge on any atom is -0.481 e. The van der Waals surface area contributed by atoms with Crippen LogP contribution in [0.4, 0.5) is 18.9 Å². The van der Waals surface area contributed by atoms with Crippen LogP contribution in [0.15, 0.2) is 36.4 Å². The minimum absolute atomic E-state index is 0.00381. The van der Waals surface area contributed by atoms with Gasteiger partial charge in [-0.05, 0) is 55.8 Å². The molecule has 134 valence electrons. The molecule has 0 bridgehead atoms. The summed E-state index contributed by atoms with van der Waals surface area (Å²) in [6.07, 6.45) is -5.49. The smallest absolute Gasteiger partial charge is 0.416 e. The van der Waals surface area contributed by atoms with Crippen molar-refractivity contribution in [3.8, 4) is 5.75 Å². The summed E-state index contributed by atoms with van der Waals surface area (Å²) in [6.45, 7) is 3.25. The first-order valence-corrected chi connectivity index (χ1v) is 7.94. The van der Waals surface area contributed by atoms with Gasteiger partial charge < -0.3 is 10.1 Å². The zero-order valence-corrected chi connectivity index (χ0v) is 14.8. The molecule has 0 fully saturated rings. The first kappa shape index (κ1) is 19.4.